The summed E-state index contributed by atoms with van der Waals surface area (Å²) in [5, 5.41) is 7.39. The fourth-order valence-electron chi connectivity index (χ4n) is 3.23. The zero-order valence-electron chi connectivity index (χ0n) is 17.4. The Morgan fingerprint density at radius 2 is 1.67 bits per heavy atom. The van der Waals surface area contributed by atoms with Crippen LogP contribution in [0.5, 0.6) is 17.2 Å². The third kappa shape index (κ3) is 5.87. The lowest BCUT2D eigenvalue weighted by atomic mass is 10.2. The SMILES string of the molecule is COc1cc(C=NN2CCN(Cc3ccc(Cl)cc3)CC2)cc(OC)c1OC(C)=O. The lowest BCUT2D eigenvalue weighted by Gasteiger charge is -2.33. The Bertz CT molecular complexity index is 869. The lowest BCUT2D eigenvalue weighted by Crippen LogP contribution is -2.43. The normalized spacial score (nSPS) is 14.7. The third-order valence-corrected chi connectivity index (χ3v) is 5.02. The highest BCUT2D eigenvalue weighted by atomic mass is 35.5. The second kappa shape index (κ2) is 10.3. The van der Waals surface area contributed by atoms with Gasteiger partial charge in [-0.15, -0.1) is 0 Å². The number of benzene rings is 2. The number of nitrogens with zero attached hydrogens (tertiary/aromatic N) is 3. The van der Waals surface area contributed by atoms with Crippen molar-refractivity contribution in [2.45, 2.75) is 13.5 Å². The van der Waals surface area contributed by atoms with Crippen molar-refractivity contribution < 1.29 is 19.0 Å². The van der Waals surface area contributed by atoms with Crippen molar-refractivity contribution in [2.75, 3.05) is 40.4 Å². The summed E-state index contributed by atoms with van der Waals surface area (Å²) in [5.41, 5.74) is 2.05. The largest absolute Gasteiger partial charge is 0.493 e. The summed E-state index contributed by atoms with van der Waals surface area (Å²) in [7, 11) is 3.03. The second-order valence-electron chi connectivity index (χ2n) is 6.95. The van der Waals surface area contributed by atoms with Crippen LogP contribution >= 0.6 is 11.6 Å². The molecule has 0 N–H and O–H groups in total. The molecule has 1 aliphatic rings. The van der Waals surface area contributed by atoms with Gasteiger partial charge in [-0.05, 0) is 29.8 Å². The van der Waals surface area contributed by atoms with Gasteiger partial charge in [-0.1, -0.05) is 23.7 Å². The molecule has 160 valence electrons. The molecule has 2 aromatic carbocycles. The first-order valence-corrected chi connectivity index (χ1v) is 10.1. The van der Waals surface area contributed by atoms with Crippen molar-refractivity contribution in [3.05, 3.63) is 52.5 Å². The van der Waals surface area contributed by atoms with Crippen molar-refractivity contribution in [2.24, 2.45) is 5.10 Å². The number of hydrogen-bond acceptors (Lipinski definition) is 7. The van der Waals surface area contributed by atoms with Crippen LogP contribution in [-0.2, 0) is 11.3 Å². The van der Waals surface area contributed by atoms with Crippen LogP contribution in [0.15, 0.2) is 41.5 Å². The predicted octanol–water partition coefficient (Wildman–Crippen LogP) is 3.43. The van der Waals surface area contributed by atoms with Crippen LogP contribution in [0, 0.1) is 0 Å². The smallest absolute Gasteiger partial charge is 0.308 e. The predicted molar refractivity (Wildman–Crippen MR) is 117 cm³/mol. The average molecular weight is 432 g/mol. The van der Waals surface area contributed by atoms with Gasteiger partial charge in [0.15, 0.2) is 11.5 Å². The molecule has 1 fully saturated rings. The van der Waals surface area contributed by atoms with E-state index in [2.05, 4.69) is 22.1 Å². The topological polar surface area (TPSA) is 63.6 Å². The van der Waals surface area contributed by atoms with Crippen LogP contribution in [0.25, 0.3) is 0 Å². The van der Waals surface area contributed by atoms with Crippen LogP contribution in [0.3, 0.4) is 0 Å². The molecule has 0 bridgehead atoms. The lowest BCUT2D eigenvalue weighted by molar-refractivity contribution is -0.132. The molecule has 3 rings (SSSR count). The Morgan fingerprint density at radius 3 is 2.20 bits per heavy atom. The molecule has 0 aromatic heterocycles. The highest BCUT2D eigenvalue weighted by Crippen LogP contribution is 2.38. The summed E-state index contributed by atoms with van der Waals surface area (Å²) in [6, 6.07) is 11.5. The molecule has 0 spiro atoms. The molecule has 0 radical (unpaired) electrons. The van der Waals surface area contributed by atoms with Crippen LogP contribution in [0.4, 0.5) is 0 Å². The van der Waals surface area contributed by atoms with Gasteiger partial charge in [-0.3, -0.25) is 14.7 Å². The zero-order valence-corrected chi connectivity index (χ0v) is 18.2. The van der Waals surface area contributed by atoms with E-state index in [1.165, 1.54) is 26.7 Å². The van der Waals surface area contributed by atoms with E-state index < -0.39 is 5.97 Å². The maximum absolute atomic E-state index is 11.3. The fraction of sp³-hybridized carbons (Fsp3) is 0.364. The number of carbonyl (C=O) groups is 1. The molecule has 0 unspecified atom stereocenters. The van der Waals surface area contributed by atoms with Crippen molar-refractivity contribution >= 4 is 23.8 Å². The summed E-state index contributed by atoms with van der Waals surface area (Å²) in [4.78, 5) is 13.7. The zero-order chi connectivity index (χ0) is 21.5. The van der Waals surface area contributed by atoms with Gasteiger partial charge < -0.3 is 14.2 Å². The van der Waals surface area contributed by atoms with Gasteiger partial charge in [0, 0.05) is 50.2 Å². The molecule has 30 heavy (non-hydrogen) atoms. The molecule has 8 heteroatoms. The quantitative estimate of drug-likeness (QED) is 0.380. The second-order valence-corrected chi connectivity index (χ2v) is 7.39. The molecule has 1 saturated heterocycles. The van der Waals surface area contributed by atoms with E-state index in [0.29, 0.717) is 11.5 Å². The Morgan fingerprint density at radius 1 is 1.07 bits per heavy atom. The molecule has 7 nitrogen and oxygen atoms in total. The van der Waals surface area contributed by atoms with Gasteiger partial charge in [0.05, 0.1) is 20.4 Å². The van der Waals surface area contributed by atoms with Crippen LogP contribution in [-0.4, -0.2) is 62.5 Å². The van der Waals surface area contributed by atoms with E-state index >= 15 is 0 Å². The molecule has 0 aliphatic carbocycles. The third-order valence-electron chi connectivity index (χ3n) is 4.77. The van der Waals surface area contributed by atoms with Crippen LogP contribution in [0.2, 0.25) is 5.02 Å². The van der Waals surface area contributed by atoms with E-state index in [9.17, 15) is 4.79 Å². The van der Waals surface area contributed by atoms with Crippen molar-refractivity contribution in [1.29, 1.82) is 0 Å². The number of rotatable bonds is 7. The van der Waals surface area contributed by atoms with Gasteiger partial charge >= 0.3 is 5.97 Å². The molecular formula is C22H26ClN3O4. The van der Waals surface area contributed by atoms with Crippen molar-refractivity contribution in [1.82, 2.24) is 9.91 Å². The molecule has 1 aliphatic heterocycles. The van der Waals surface area contributed by atoms with E-state index in [0.717, 1.165) is 43.3 Å². The van der Waals surface area contributed by atoms with Crippen LogP contribution in [0.1, 0.15) is 18.1 Å². The van der Waals surface area contributed by atoms with Crippen molar-refractivity contribution in [3.8, 4) is 17.2 Å². The highest BCUT2D eigenvalue weighted by molar-refractivity contribution is 6.30. The monoisotopic (exact) mass is 431 g/mol. The summed E-state index contributed by atoms with van der Waals surface area (Å²) < 4.78 is 15.9. The number of carbonyl (C=O) groups excluding carboxylic acids is 1. The highest BCUT2D eigenvalue weighted by Gasteiger charge is 2.17. The number of esters is 1. The maximum Gasteiger partial charge on any atom is 0.308 e. The van der Waals surface area contributed by atoms with Gasteiger partial charge in [-0.25, -0.2) is 0 Å². The number of methoxy groups -OCH3 is 2. The maximum atomic E-state index is 11.3. The minimum atomic E-state index is -0.440. The standard InChI is InChI=1S/C22H26ClN3O4/c1-16(27)30-22-20(28-2)12-18(13-21(22)29-3)14-24-26-10-8-25(9-11-26)15-17-4-6-19(23)7-5-17/h4-7,12-14H,8-11,15H2,1-3H3. The summed E-state index contributed by atoms with van der Waals surface area (Å²) in [5.74, 6) is 0.655. The summed E-state index contributed by atoms with van der Waals surface area (Å²) in [6.07, 6.45) is 1.76. The van der Waals surface area contributed by atoms with Crippen molar-refractivity contribution in [3.63, 3.8) is 0 Å². The minimum Gasteiger partial charge on any atom is -0.493 e. The van der Waals surface area contributed by atoms with E-state index in [-0.39, 0.29) is 5.75 Å². The van der Waals surface area contributed by atoms with Gasteiger partial charge in [0.1, 0.15) is 0 Å². The number of piperazine rings is 1. The minimum absolute atomic E-state index is 0.264. The fourth-order valence-corrected chi connectivity index (χ4v) is 3.35. The van der Waals surface area contributed by atoms with Gasteiger partial charge in [0.25, 0.3) is 0 Å². The molecule has 2 aromatic rings. The van der Waals surface area contributed by atoms with E-state index in [4.69, 9.17) is 25.8 Å². The Balaban J connectivity index is 1.61. The van der Waals surface area contributed by atoms with Gasteiger partial charge in [-0.2, -0.15) is 5.10 Å². The number of ether oxygens (including phenoxy) is 3. The first-order chi connectivity index (χ1) is 14.5. The Labute approximate surface area is 181 Å². The average Bonchev–Trinajstić information content (AvgIpc) is 2.75. The van der Waals surface area contributed by atoms with Crippen LogP contribution < -0.4 is 14.2 Å². The summed E-state index contributed by atoms with van der Waals surface area (Å²) in [6.45, 7) is 5.77. The number of hydrogen-bond donors (Lipinski definition) is 0. The van der Waals surface area contributed by atoms with E-state index in [1.807, 2.05) is 17.1 Å². The van der Waals surface area contributed by atoms with E-state index in [1.54, 1.807) is 18.3 Å². The number of hydrazone groups is 1. The molecule has 0 atom stereocenters. The Kier molecular flexibility index (Phi) is 7.54. The summed E-state index contributed by atoms with van der Waals surface area (Å²) >= 11 is 5.95. The molecule has 0 saturated carbocycles. The van der Waals surface area contributed by atoms with Gasteiger partial charge in [0.2, 0.25) is 5.75 Å². The Hall–Kier alpha value is -2.77. The first-order valence-electron chi connectivity index (χ1n) is 9.68. The first kappa shape index (κ1) is 21.9. The number of halogens is 1. The molecular weight excluding hydrogens is 406 g/mol. The molecule has 0 amide bonds. The molecule has 1 heterocycles.